The molecular formula is C20H19Cl2N2O-. The van der Waals surface area contributed by atoms with Crippen molar-refractivity contribution >= 4 is 11.6 Å². The van der Waals surface area contributed by atoms with Gasteiger partial charge in [-0.3, -0.25) is 4.98 Å². The summed E-state index contributed by atoms with van der Waals surface area (Å²) in [6, 6.07) is 19.9. The highest BCUT2D eigenvalue weighted by molar-refractivity contribution is 6.32. The van der Waals surface area contributed by atoms with Gasteiger partial charge in [0.05, 0.1) is 5.02 Å². The molecule has 0 aliphatic rings. The lowest BCUT2D eigenvalue weighted by atomic mass is 10.2. The lowest BCUT2D eigenvalue weighted by Gasteiger charge is -2.10. The average molecular weight is 374 g/mol. The number of nitrogens with zero attached hydrogens (tertiary/aromatic N) is 1. The molecule has 0 aliphatic carbocycles. The fourth-order valence-corrected chi connectivity index (χ4v) is 2.62. The first kappa shape index (κ1) is 19.3. The first-order chi connectivity index (χ1) is 11.8. The molecule has 0 atom stereocenters. The Hall–Kier alpha value is -2.07. The molecule has 3 aromatic rings. The standard InChI is InChI=1S/C20H19ClN2O.ClH/c21-19-11-17(12-23-14-18-7-4-10-22-13-18)8-9-20(19)24-15-16-5-2-1-3-6-16;/h1-11,13,23H,12,14-15H2;1H/p-1. The van der Waals surface area contributed by atoms with Crippen LogP contribution in [0, 0.1) is 0 Å². The molecule has 1 aromatic heterocycles. The van der Waals surface area contributed by atoms with Gasteiger partial charge in [0, 0.05) is 25.5 Å². The van der Waals surface area contributed by atoms with Gasteiger partial charge in [0.15, 0.2) is 0 Å². The van der Waals surface area contributed by atoms with Crippen molar-refractivity contribution in [2.24, 2.45) is 0 Å². The predicted octanol–water partition coefficient (Wildman–Crippen LogP) is 1.61. The molecule has 3 nitrogen and oxygen atoms in total. The van der Waals surface area contributed by atoms with Crippen LogP contribution < -0.4 is 22.5 Å². The molecule has 0 saturated carbocycles. The van der Waals surface area contributed by atoms with E-state index in [-0.39, 0.29) is 12.4 Å². The smallest absolute Gasteiger partial charge is 0.138 e. The summed E-state index contributed by atoms with van der Waals surface area (Å²) >= 11 is 6.33. The Morgan fingerprint density at radius 3 is 2.36 bits per heavy atom. The van der Waals surface area contributed by atoms with Crippen molar-refractivity contribution in [3.8, 4) is 5.75 Å². The van der Waals surface area contributed by atoms with Gasteiger partial charge in [-0.1, -0.05) is 54.1 Å². The molecule has 0 saturated heterocycles. The van der Waals surface area contributed by atoms with Gasteiger partial charge in [-0.15, -0.1) is 0 Å². The van der Waals surface area contributed by atoms with Gasteiger partial charge in [-0.2, -0.15) is 0 Å². The summed E-state index contributed by atoms with van der Waals surface area (Å²) in [5.74, 6) is 0.705. The van der Waals surface area contributed by atoms with E-state index in [9.17, 15) is 0 Å². The molecule has 0 bridgehead atoms. The molecule has 0 radical (unpaired) electrons. The SMILES string of the molecule is Clc1cc(CNCc2cccnc2)ccc1OCc1ccccc1.[Cl-]. The number of ether oxygens (including phenoxy) is 1. The Labute approximate surface area is 159 Å². The second-order valence-electron chi connectivity index (χ2n) is 5.50. The first-order valence-electron chi connectivity index (χ1n) is 7.86. The van der Waals surface area contributed by atoms with Gasteiger partial charge in [0.2, 0.25) is 0 Å². The first-order valence-corrected chi connectivity index (χ1v) is 8.24. The van der Waals surface area contributed by atoms with E-state index in [2.05, 4.69) is 10.3 Å². The quantitative estimate of drug-likeness (QED) is 0.683. The van der Waals surface area contributed by atoms with Gasteiger partial charge in [-0.25, -0.2) is 0 Å². The molecule has 1 heterocycles. The predicted molar refractivity (Wildman–Crippen MR) is 97.0 cm³/mol. The molecule has 0 unspecified atom stereocenters. The third kappa shape index (κ3) is 6.05. The van der Waals surface area contributed by atoms with Gasteiger partial charge in [0.1, 0.15) is 12.4 Å². The minimum Gasteiger partial charge on any atom is -1.00 e. The number of hydrogen-bond donors (Lipinski definition) is 1. The topological polar surface area (TPSA) is 34.2 Å². The Bertz CT molecular complexity index is 767. The maximum atomic E-state index is 6.33. The number of benzene rings is 2. The Morgan fingerprint density at radius 2 is 1.64 bits per heavy atom. The van der Waals surface area contributed by atoms with E-state index in [1.165, 1.54) is 0 Å². The van der Waals surface area contributed by atoms with Crippen LogP contribution in [0.3, 0.4) is 0 Å². The van der Waals surface area contributed by atoms with Crippen molar-refractivity contribution in [3.63, 3.8) is 0 Å². The number of hydrogen-bond acceptors (Lipinski definition) is 3. The second kappa shape index (κ2) is 10.0. The van der Waals surface area contributed by atoms with E-state index in [1.54, 1.807) is 6.20 Å². The van der Waals surface area contributed by atoms with Crippen LogP contribution in [0.15, 0.2) is 73.1 Å². The van der Waals surface area contributed by atoms with Crippen LogP contribution in [0.5, 0.6) is 5.75 Å². The molecule has 0 aliphatic heterocycles. The van der Waals surface area contributed by atoms with Crippen LogP contribution in [0.25, 0.3) is 0 Å². The fourth-order valence-electron chi connectivity index (χ4n) is 2.36. The number of nitrogens with one attached hydrogen (secondary N) is 1. The van der Waals surface area contributed by atoms with Crippen molar-refractivity contribution in [1.82, 2.24) is 10.3 Å². The molecule has 3 rings (SSSR count). The summed E-state index contributed by atoms with van der Waals surface area (Å²) in [4.78, 5) is 4.10. The third-order valence-corrected chi connectivity index (χ3v) is 3.91. The van der Waals surface area contributed by atoms with Gasteiger partial charge in [0.25, 0.3) is 0 Å². The lowest BCUT2D eigenvalue weighted by molar-refractivity contribution is -0.00000514. The van der Waals surface area contributed by atoms with Gasteiger partial charge >= 0.3 is 0 Å². The van der Waals surface area contributed by atoms with Crippen molar-refractivity contribution in [2.75, 3.05) is 0 Å². The summed E-state index contributed by atoms with van der Waals surface area (Å²) in [7, 11) is 0. The van der Waals surface area contributed by atoms with Crippen LogP contribution >= 0.6 is 11.6 Å². The zero-order chi connectivity index (χ0) is 16.6. The molecular weight excluding hydrogens is 355 g/mol. The van der Waals surface area contributed by atoms with Crippen LogP contribution in [0.1, 0.15) is 16.7 Å². The van der Waals surface area contributed by atoms with E-state index >= 15 is 0 Å². The van der Waals surface area contributed by atoms with Crippen LogP contribution in [-0.2, 0) is 19.7 Å². The second-order valence-corrected chi connectivity index (χ2v) is 5.91. The number of halogens is 2. The highest BCUT2D eigenvalue weighted by atomic mass is 35.5. The van der Waals surface area contributed by atoms with Crippen molar-refractivity contribution in [2.45, 2.75) is 19.7 Å². The molecule has 2 aromatic carbocycles. The highest BCUT2D eigenvalue weighted by Gasteiger charge is 2.04. The Balaban J connectivity index is 0.00000225. The van der Waals surface area contributed by atoms with Gasteiger partial charge < -0.3 is 22.5 Å². The van der Waals surface area contributed by atoms with Crippen molar-refractivity contribution < 1.29 is 17.1 Å². The normalized spacial score (nSPS) is 10.1. The van der Waals surface area contributed by atoms with E-state index in [4.69, 9.17) is 16.3 Å². The van der Waals surface area contributed by atoms with Crippen LogP contribution in [0.4, 0.5) is 0 Å². The van der Waals surface area contributed by atoms with E-state index in [0.29, 0.717) is 17.4 Å². The monoisotopic (exact) mass is 373 g/mol. The third-order valence-electron chi connectivity index (χ3n) is 3.61. The molecule has 130 valence electrons. The summed E-state index contributed by atoms with van der Waals surface area (Å²) in [5, 5.41) is 4.01. The van der Waals surface area contributed by atoms with Crippen molar-refractivity contribution in [3.05, 3.63) is 94.8 Å². The fraction of sp³-hybridized carbons (Fsp3) is 0.150. The molecule has 25 heavy (non-hydrogen) atoms. The molecule has 0 fully saturated rings. The summed E-state index contributed by atoms with van der Waals surface area (Å²) in [6.45, 7) is 2.03. The summed E-state index contributed by atoms with van der Waals surface area (Å²) < 4.78 is 5.79. The van der Waals surface area contributed by atoms with E-state index in [0.717, 1.165) is 29.8 Å². The summed E-state index contributed by atoms with van der Waals surface area (Å²) in [5.41, 5.74) is 3.40. The summed E-state index contributed by atoms with van der Waals surface area (Å²) in [6.07, 6.45) is 3.64. The van der Waals surface area contributed by atoms with Crippen LogP contribution in [0.2, 0.25) is 5.02 Å². The largest absolute Gasteiger partial charge is 1.00 e. The zero-order valence-corrected chi connectivity index (χ0v) is 15.2. The molecule has 5 heteroatoms. The zero-order valence-electron chi connectivity index (χ0n) is 13.7. The minimum absolute atomic E-state index is 0. The Morgan fingerprint density at radius 1 is 0.880 bits per heavy atom. The minimum atomic E-state index is 0. The van der Waals surface area contributed by atoms with Gasteiger partial charge in [-0.05, 0) is 34.9 Å². The molecule has 0 amide bonds. The number of rotatable bonds is 7. The van der Waals surface area contributed by atoms with Crippen molar-refractivity contribution in [1.29, 1.82) is 0 Å². The number of aromatic nitrogens is 1. The maximum Gasteiger partial charge on any atom is 0.138 e. The molecule has 1 N–H and O–H groups in total. The van der Waals surface area contributed by atoms with E-state index < -0.39 is 0 Å². The molecule has 0 spiro atoms. The van der Waals surface area contributed by atoms with Crippen LogP contribution in [-0.4, -0.2) is 4.98 Å². The maximum absolute atomic E-state index is 6.33. The number of pyridine rings is 1. The Kier molecular flexibility index (Phi) is 7.74. The lowest BCUT2D eigenvalue weighted by Crippen LogP contribution is -3.00. The van der Waals surface area contributed by atoms with E-state index in [1.807, 2.05) is 66.9 Å². The highest BCUT2D eigenvalue weighted by Crippen LogP contribution is 2.26. The average Bonchev–Trinajstić information content (AvgIpc) is 2.63.